The SMILES string of the molecule is CCCCCCCC1(C(=O)O)CC=CC(C(=O)O)(C(CC)C(C)C)C1. The summed E-state index contributed by atoms with van der Waals surface area (Å²) < 4.78 is 0. The second kappa shape index (κ2) is 9.40. The van der Waals surface area contributed by atoms with Gasteiger partial charge in [0.25, 0.3) is 0 Å². The van der Waals surface area contributed by atoms with Crippen molar-refractivity contribution in [3.63, 3.8) is 0 Å². The van der Waals surface area contributed by atoms with Crippen LogP contribution in [-0.2, 0) is 9.59 Å². The number of unbranched alkanes of at least 4 members (excludes halogenated alkanes) is 4. The van der Waals surface area contributed by atoms with Crippen LogP contribution in [0.3, 0.4) is 0 Å². The Kier molecular flexibility index (Phi) is 8.17. The van der Waals surface area contributed by atoms with Gasteiger partial charge in [-0.1, -0.05) is 78.4 Å². The van der Waals surface area contributed by atoms with Crippen LogP contribution in [0.2, 0.25) is 0 Å². The van der Waals surface area contributed by atoms with Gasteiger partial charge in [0.15, 0.2) is 0 Å². The molecule has 144 valence electrons. The summed E-state index contributed by atoms with van der Waals surface area (Å²) in [5, 5.41) is 20.0. The zero-order valence-corrected chi connectivity index (χ0v) is 16.4. The van der Waals surface area contributed by atoms with Crippen molar-refractivity contribution in [1.29, 1.82) is 0 Å². The number of carbonyl (C=O) groups is 2. The Bertz CT molecular complexity index is 482. The van der Waals surface area contributed by atoms with Crippen LogP contribution >= 0.6 is 0 Å². The monoisotopic (exact) mass is 352 g/mol. The van der Waals surface area contributed by atoms with Crippen molar-refractivity contribution in [3.8, 4) is 0 Å². The fraction of sp³-hybridized carbons (Fsp3) is 0.810. The van der Waals surface area contributed by atoms with E-state index in [0.717, 1.165) is 32.1 Å². The van der Waals surface area contributed by atoms with Crippen molar-refractivity contribution in [2.24, 2.45) is 22.7 Å². The number of carboxylic acids is 2. The lowest BCUT2D eigenvalue weighted by Gasteiger charge is -2.45. The van der Waals surface area contributed by atoms with Gasteiger partial charge in [-0.2, -0.15) is 0 Å². The third-order valence-electron chi connectivity index (χ3n) is 6.07. The fourth-order valence-corrected chi connectivity index (χ4v) is 4.70. The highest BCUT2D eigenvalue weighted by Crippen LogP contribution is 2.52. The molecule has 1 aliphatic rings. The van der Waals surface area contributed by atoms with Crippen LogP contribution < -0.4 is 0 Å². The van der Waals surface area contributed by atoms with Crippen molar-refractivity contribution in [2.45, 2.75) is 85.5 Å². The van der Waals surface area contributed by atoms with E-state index in [0.29, 0.717) is 12.8 Å². The predicted octanol–water partition coefficient (Wildman–Crippen LogP) is 5.52. The van der Waals surface area contributed by atoms with Gasteiger partial charge in [-0.25, -0.2) is 0 Å². The van der Waals surface area contributed by atoms with Crippen LogP contribution in [0.1, 0.15) is 85.5 Å². The molecule has 4 heteroatoms. The molecule has 0 aromatic heterocycles. The molecule has 3 atom stereocenters. The van der Waals surface area contributed by atoms with Gasteiger partial charge in [-0.15, -0.1) is 0 Å². The maximum atomic E-state index is 12.3. The summed E-state index contributed by atoms with van der Waals surface area (Å²) in [5.74, 6) is -1.57. The van der Waals surface area contributed by atoms with E-state index in [9.17, 15) is 19.8 Å². The van der Waals surface area contributed by atoms with Gasteiger partial charge in [0.05, 0.1) is 10.8 Å². The number of rotatable bonds is 11. The van der Waals surface area contributed by atoms with Crippen LogP contribution in [-0.4, -0.2) is 22.2 Å². The molecule has 0 saturated heterocycles. The van der Waals surface area contributed by atoms with Crippen LogP contribution in [0.4, 0.5) is 0 Å². The minimum absolute atomic E-state index is 0.0552. The molecule has 0 heterocycles. The summed E-state index contributed by atoms with van der Waals surface area (Å²) in [7, 11) is 0. The van der Waals surface area contributed by atoms with E-state index in [4.69, 9.17) is 0 Å². The Labute approximate surface area is 152 Å². The molecule has 0 radical (unpaired) electrons. The lowest BCUT2D eigenvalue weighted by atomic mass is 9.56. The van der Waals surface area contributed by atoms with E-state index >= 15 is 0 Å². The van der Waals surface area contributed by atoms with Gasteiger partial charge in [0, 0.05) is 0 Å². The summed E-state index contributed by atoms with van der Waals surface area (Å²) in [6.07, 6.45) is 10.9. The second-order valence-corrected chi connectivity index (χ2v) is 8.14. The van der Waals surface area contributed by atoms with Crippen molar-refractivity contribution < 1.29 is 19.8 Å². The molecule has 0 bridgehead atoms. The highest BCUT2D eigenvalue weighted by Gasteiger charge is 2.54. The van der Waals surface area contributed by atoms with E-state index in [1.807, 2.05) is 26.8 Å². The number of hydrogen-bond acceptors (Lipinski definition) is 2. The van der Waals surface area contributed by atoms with E-state index in [-0.39, 0.29) is 18.3 Å². The predicted molar refractivity (Wildman–Crippen MR) is 101 cm³/mol. The van der Waals surface area contributed by atoms with Gasteiger partial charge in [-0.05, 0) is 31.1 Å². The van der Waals surface area contributed by atoms with Gasteiger partial charge in [0.1, 0.15) is 0 Å². The topological polar surface area (TPSA) is 74.6 Å². The second-order valence-electron chi connectivity index (χ2n) is 8.14. The van der Waals surface area contributed by atoms with Crippen LogP contribution in [0.15, 0.2) is 12.2 Å². The lowest BCUT2D eigenvalue weighted by Crippen LogP contribution is -2.48. The first kappa shape index (κ1) is 21.7. The van der Waals surface area contributed by atoms with Crippen molar-refractivity contribution in [3.05, 3.63) is 12.2 Å². The molecule has 2 N–H and O–H groups in total. The first-order chi connectivity index (χ1) is 11.8. The Balaban J connectivity index is 3.08. The third-order valence-corrected chi connectivity index (χ3v) is 6.07. The van der Waals surface area contributed by atoms with Gasteiger partial charge in [-0.3, -0.25) is 9.59 Å². The standard InChI is InChI=1S/C21H36O4/c1-5-7-8-9-10-12-20(18(22)23)13-11-14-21(15-20,19(24)25)17(6-2)16(3)4/h11,14,16-17H,5-10,12-13,15H2,1-4H3,(H,22,23)(H,24,25). The van der Waals surface area contributed by atoms with Crippen LogP contribution in [0.25, 0.3) is 0 Å². The van der Waals surface area contributed by atoms with E-state index in [2.05, 4.69) is 6.92 Å². The van der Waals surface area contributed by atoms with Crippen LogP contribution in [0.5, 0.6) is 0 Å². The minimum Gasteiger partial charge on any atom is -0.481 e. The molecule has 1 aliphatic carbocycles. The zero-order chi connectivity index (χ0) is 19.1. The molecule has 25 heavy (non-hydrogen) atoms. The Morgan fingerprint density at radius 2 is 1.68 bits per heavy atom. The van der Waals surface area contributed by atoms with Crippen LogP contribution in [0, 0.1) is 22.7 Å². The molecule has 0 amide bonds. The smallest absolute Gasteiger partial charge is 0.313 e. The maximum Gasteiger partial charge on any atom is 0.313 e. The molecule has 1 rings (SSSR count). The molecule has 4 nitrogen and oxygen atoms in total. The molecular formula is C21H36O4. The number of aliphatic carboxylic acids is 2. The molecule has 0 spiro atoms. The van der Waals surface area contributed by atoms with Gasteiger partial charge >= 0.3 is 11.9 Å². The molecule has 0 aliphatic heterocycles. The lowest BCUT2D eigenvalue weighted by molar-refractivity contribution is -0.161. The highest BCUT2D eigenvalue weighted by molar-refractivity contribution is 5.82. The largest absolute Gasteiger partial charge is 0.481 e. The number of carboxylic acid groups (broad SMARTS) is 2. The first-order valence-corrected chi connectivity index (χ1v) is 9.90. The van der Waals surface area contributed by atoms with Gasteiger partial charge < -0.3 is 10.2 Å². The molecule has 0 aromatic carbocycles. The van der Waals surface area contributed by atoms with E-state index in [1.165, 1.54) is 6.42 Å². The Morgan fingerprint density at radius 1 is 1.04 bits per heavy atom. The van der Waals surface area contributed by atoms with Crippen molar-refractivity contribution in [2.75, 3.05) is 0 Å². The number of allylic oxidation sites excluding steroid dienone is 1. The quantitative estimate of drug-likeness (QED) is 0.379. The summed E-state index contributed by atoms with van der Waals surface area (Å²) in [6.45, 7) is 8.23. The molecule has 0 aromatic rings. The molecular weight excluding hydrogens is 316 g/mol. The summed E-state index contributed by atoms with van der Waals surface area (Å²) in [4.78, 5) is 24.4. The molecule has 0 saturated carbocycles. The molecule has 3 unspecified atom stereocenters. The molecule has 0 fully saturated rings. The average Bonchev–Trinajstić information content (AvgIpc) is 2.55. The minimum atomic E-state index is -1.07. The average molecular weight is 353 g/mol. The fourth-order valence-electron chi connectivity index (χ4n) is 4.70. The highest BCUT2D eigenvalue weighted by atomic mass is 16.4. The number of hydrogen-bond donors (Lipinski definition) is 2. The Hall–Kier alpha value is -1.32. The third kappa shape index (κ3) is 4.86. The first-order valence-electron chi connectivity index (χ1n) is 9.90. The summed E-state index contributed by atoms with van der Waals surface area (Å²) >= 11 is 0. The van der Waals surface area contributed by atoms with E-state index < -0.39 is 22.8 Å². The zero-order valence-electron chi connectivity index (χ0n) is 16.4. The Morgan fingerprint density at radius 3 is 2.16 bits per heavy atom. The summed E-state index contributed by atoms with van der Waals surface area (Å²) in [5.41, 5.74) is -2.01. The normalized spacial score (nSPS) is 27.4. The van der Waals surface area contributed by atoms with Crippen molar-refractivity contribution in [1.82, 2.24) is 0 Å². The maximum absolute atomic E-state index is 12.3. The summed E-state index contributed by atoms with van der Waals surface area (Å²) in [6, 6.07) is 0. The van der Waals surface area contributed by atoms with Gasteiger partial charge in [0.2, 0.25) is 0 Å². The van der Waals surface area contributed by atoms with Crippen molar-refractivity contribution >= 4 is 11.9 Å². The van der Waals surface area contributed by atoms with E-state index in [1.54, 1.807) is 6.08 Å².